The van der Waals surface area contributed by atoms with Crippen LogP contribution in [0, 0.1) is 13.8 Å². The highest BCUT2D eigenvalue weighted by Gasteiger charge is 2.21. The fourth-order valence-corrected chi connectivity index (χ4v) is 3.44. The molecule has 1 aliphatic heterocycles. The van der Waals surface area contributed by atoms with Crippen molar-refractivity contribution in [3.05, 3.63) is 29.3 Å². The van der Waals surface area contributed by atoms with E-state index in [1.54, 1.807) is 7.11 Å². The fraction of sp³-hybridized carbons (Fsp3) is 0.682. The molecule has 2 rings (SSSR count). The monoisotopic (exact) mass is 519 g/mol. The van der Waals surface area contributed by atoms with Gasteiger partial charge in [0.2, 0.25) is 0 Å². The number of benzene rings is 1. The van der Waals surface area contributed by atoms with Gasteiger partial charge < -0.3 is 24.4 Å². The molecule has 0 spiro atoms. The van der Waals surface area contributed by atoms with E-state index in [0.29, 0.717) is 19.3 Å². The van der Waals surface area contributed by atoms with Crippen LogP contribution in [-0.4, -0.2) is 70.1 Å². The van der Waals surface area contributed by atoms with E-state index in [9.17, 15) is 0 Å². The first-order valence-electron chi connectivity index (χ1n) is 10.5. The van der Waals surface area contributed by atoms with Crippen molar-refractivity contribution in [2.75, 3.05) is 53.1 Å². The van der Waals surface area contributed by atoms with Gasteiger partial charge in [-0.25, -0.2) is 4.99 Å². The van der Waals surface area contributed by atoms with Crippen LogP contribution in [0.15, 0.2) is 23.2 Å². The van der Waals surface area contributed by atoms with Crippen molar-refractivity contribution in [3.63, 3.8) is 0 Å². The van der Waals surface area contributed by atoms with E-state index in [-0.39, 0.29) is 24.0 Å². The smallest absolute Gasteiger partial charge is 0.194 e. The van der Waals surface area contributed by atoms with Gasteiger partial charge >= 0.3 is 0 Å². The summed E-state index contributed by atoms with van der Waals surface area (Å²) in [5, 5.41) is 3.41. The maximum Gasteiger partial charge on any atom is 0.194 e. The first-order chi connectivity index (χ1) is 13.7. The fourth-order valence-electron chi connectivity index (χ4n) is 3.44. The number of piperidine rings is 1. The highest BCUT2D eigenvalue weighted by Crippen LogP contribution is 2.22. The SMILES string of the molecule is CCNC(=NCCOc1c(C)cccc1C)N1CCC(OCCCOC)CC1.I. The van der Waals surface area contributed by atoms with Gasteiger partial charge in [-0.15, -0.1) is 24.0 Å². The summed E-state index contributed by atoms with van der Waals surface area (Å²) >= 11 is 0. The predicted molar refractivity (Wildman–Crippen MR) is 130 cm³/mol. The van der Waals surface area contributed by atoms with Crippen molar-refractivity contribution >= 4 is 29.9 Å². The molecule has 0 atom stereocenters. The molecule has 7 heteroatoms. The molecule has 0 amide bonds. The van der Waals surface area contributed by atoms with E-state index in [2.05, 4.69) is 49.2 Å². The lowest BCUT2D eigenvalue weighted by atomic mass is 10.1. The first kappa shape index (κ1) is 26.0. The van der Waals surface area contributed by atoms with Crippen LogP contribution in [0.2, 0.25) is 0 Å². The molecular weight excluding hydrogens is 481 g/mol. The first-order valence-corrected chi connectivity index (χ1v) is 10.5. The number of guanidine groups is 1. The molecule has 1 fully saturated rings. The maximum absolute atomic E-state index is 5.98. The molecule has 29 heavy (non-hydrogen) atoms. The Hall–Kier alpha value is -1.06. The second kappa shape index (κ2) is 14.8. The van der Waals surface area contributed by atoms with E-state index in [4.69, 9.17) is 19.2 Å². The summed E-state index contributed by atoms with van der Waals surface area (Å²) in [5.41, 5.74) is 2.34. The highest BCUT2D eigenvalue weighted by atomic mass is 127. The third-order valence-corrected chi connectivity index (χ3v) is 4.93. The number of methoxy groups -OCH3 is 1. The Labute approximate surface area is 193 Å². The van der Waals surface area contributed by atoms with Crippen LogP contribution in [-0.2, 0) is 9.47 Å². The average molecular weight is 519 g/mol. The van der Waals surface area contributed by atoms with Gasteiger partial charge in [-0.1, -0.05) is 18.2 Å². The third-order valence-electron chi connectivity index (χ3n) is 4.93. The molecule has 0 bridgehead atoms. The summed E-state index contributed by atoms with van der Waals surface area (Å²) in [5.74, 6) is 1.96. The number of likely N-dealkylation sites (tertiary alicyclic amines) is 1. The van der Waals surface area contributed by atoms with Gasteiger partial charge in [-0.05, 0) is 51.2 Å². The second-order valence-corrected chi connectivity index (χ2v) is 7.21. The molecule has 1 N–H and O–H groups in total. The van der Waals surface area contributed by atoms with Crippen molar-refractivity contribution in [1.82, 2.24) is 10.2 Å². The van der Waals surface area contributed by atoms with Crippen LogP contribution in [0.4, 0.5) is 0 Å². The largest absolute Gasteiger partial charge is 0.491 e. The number of nitrogens with one attached hydrogen (secondary N) is 1. The van der Waals surface area contributed by atoms with Gasteiger partial charge in [0.25, 0.3) is 0 Å². The van der Waals surface area contributed by atoms with Crippen molar-refractivity contribution in [2.24, 2.45) is 4.99 Å². The van der Waals surface area contributed by atoms with Crippen molar-refractivity contribution in [1.29, 1.82) is 0 Å². The quantitative estimate of drug-likeness (QED) is 0.221. The van der Waals surface area contributed by atoms with Gasteiger partial charge in [0.05, 0.1) is 12.6 Å². The summed E-state index contributed by atoms with van der Waals surface area (Å²) < 4.78 is 17.0. The highest BCUT2D eigenvalue weighted by molar-refractivity contribution is 14.0. The topological polar surface area (TPSA) is 55.3 Å². The number of aryl methyl sites for hydroxylation is 2. The standard InChI is InChI=1S/C22H37N3O3.HI/c1-5-23-22(24-12-17-28-21-18(2)8-6-9-19(21)3)25-13-10-20(11-14-25)27-16-7-15-26-4;/h6,8-9,20H,5,7,10-17H2,1-4H3,(H,23,24);1H. The minimum atomic E-state index is 0. The molecule has 1 aromatic carbocycles. The number of hydrogen-bond acceptors (Lipinski definition) is 4. The van der Waals surface area contributed by atoms with Crippen molar-refractivity contribution < 1.29 is 14.2 Å². The number of halogens is 1. The van der Waals surface area contributed by atoms with Crippen molar-refractivity contribution in [3.8, 4) is 5.75 Å². The lowest BCUT2D eigenvalue weighted by molar-refractivity contribution is 0.00990. The Morgan fingerprint density at radius 3 is 2.45 bits per heavy atom. The molecule has 1 heterocycles. The molecule has 0 saturated carbocycles. The molecule has 1 aliphatic rings. The third kappa shape index (κ3) is 9.09. The molecular formula is C22H38IN3O3. The molecule has 0 radical (unpaired) electrons. The molecule has 0 aliphatic carbocycles. The van der Waals surface area contributed by atoms with E-state index < -0.39 is 0 Å². The summed E-state index contributed by atoms with van der Waals surface area (Å²) in [6.07, 6.45) is 3.39. The van der Waals surface area contributed by atoms with Crippen LogP contribution >= 0.6 is 24.0 Å². The molecule has 1 aromatic rings. The zero-order chi connectivity index (χ0) is 20.2. The maximum atomic E-state index is 5.98. The molecule has 0 unspecified atom stereocenters. The number of para-hydroxylation sites is 1. The van der Waals surface area contributed by atoms with E-state index in [1.807, 2.05) is 0 Å². The van der Waals surface area contributed by atoms with Gasteiger partial charge in [0.1, 0.15) is 12.4 Å². The average Bonchev–Trinajstić information content (AvgIpc) is 2.70. The van der Waals surface area contributed by atoms with Crippen LogP contribution in [0.1, 0.15) is 37.3 Å². The predicted octanol–water partition coefficient (Wildman–Crippen LogP) is 3.78. The minimum Gasteiger partial charge on any atom is -0.491 e. The Morgan fingerprint density at radius 1 is 1.14 bits per heavy atom. The van der Waals surface area contributed by atoms with Gasteiger partial charge in [-0.3, -0.25) is 0 Å². The zero-order valence-electron chi connectivity index (χ0n) is 18.4. The van der Waals surface area contributed by atoms with E-state index in [1.165, 1.54) is 11.1 Å². The molecule has 1 saturated heterocycles. The number of ether oxygens (including phenoxy) is 3. The second-order valence-electron chi connectivity index (χ2n) is 7.21. The zero-order valence-corrected chi connectivity index (χ0v) is 20.7. The summed E-state index contributed by atoms with van der Waals surface area (Å²) in [6, 6.07) is 6.22. The van der Waals surface area contributed by atoms with Crippen LogP contribution < -0.4 is 10.1 Å². The van der Waals surface area contributed by atoms with Gasteiger partial charge in [0, 0.05) is 40.0 Å². The van der Waals surface area contributed by atoms with E-state index >= 15 is 0 Å². The van der Waals surface area contributed by atoms with Crippen molar-refractivity contribution in [2.45, 2.75) is 46.1 Å². The summed E-state index contributed by atoms with van der Waals surface area (Å²) in [4.78, 5) is 7.10. The van der Waals surface area contributed by atoms with Gasteiger partial charge in [0.15, 0.2) is 5.96 Å². The summed E-state index contributed by atoms with van der Waals surface area (Å²) in [7, 11) is 1.73. The van der Waals surface area contributed by atoms with Gasteiger partial charge in [-0.2, -0.15) is 0 Å². The van der Waals surface area contributed by atoms with Crippen LogP contribution in [0.25, 0.3) is 0 Å². The molecule has 6 nitrogen and oxygen atoms in total. The number of rotatable bonds is 10. The molecule has 166 valence electrons. The Balaban J connectivity index is 0.00000420. The number of hydrogen-bond donors (Lipinski definition) is 1. The lowest BCUT2D eigenvalue weighted by Crippen LogP contribution is -2.47. The Bertz CT molecular complexity index is 585. The molecule has 0 aromatic heterocycles. The number of nitrogens with zero attached hydrogens (tertiary/aromatic N) is 2. The summed E-state index contributed by atoms with van der Waals surface area (Å²) in [6.45, 7) is 11.8. The van der Waals surface area contributed by atoms with Crippen LogP contribution in [0.3, 0.4) is 0 Å². The van der Waals surface area contributed by atoms with Crippen LogP contribution in [0.5, 0.6) is 5.75 Å². The van der Waals surface area contributed by atoms with E-state index in [0.717, 1.165) is 63.8 Å². The normalized spacial score (nSPS) is 15.2. The Morgan fingerprint density at radius 2 is 1.83 bits per heavy atom. The lowest BCUT2D eigenvalue weighted by Gasteiger charge is -2.34. The number of aliphatic imine (C=N–C) groups is 1. The minimum absolute atomic E-state index is 0. The Kier molecular flexibility index (Phi) is 13.3.